The van der Waals surface area contributed by atoms with E-state index in [9.17, 15) is 0 Å². The zero-order chi connectivity index (χ0) is 35.6. The zero-order valence-corrected chi connectivity index (χ0v) is 29.0. The number of nitrogens with zero attached hydrogens (tertiary/aromatic N) is 2. The predicted octanol–water partition coefficient (Wildman–Crippen LogP) is 13.8. The van der Waals surface area contributed by atoms with Gasteiger partial charge < -0.3 is 8.83 Å². The summed E-state index contributed by atoms with van der Waals surface area (Å²) >= 11 is 0. The first-order chi connectivity index (χ1) is 26.8. The van der Waals surface area contributed by atoms with E-state index in [4.69, 9.17) is 18.8 Å². The van der Waals surface area contributed by atoms with Crippen LogP contribution in [0.15, 0.2) is 191 Å². The van der Waals surface area contributed by atoms with Crippen molar-refractivity contribution in [3.05, 3.63) is 182 Å². The first-order valence-electron chi connectivity index (χ1n) is 18.2. The minimum atomic E-state index is 0.618. The Labute approximate surface area is 310 Å². The molecule has 4 nitrogen and oxygen atoms in total. The van der Waals surface area contributed by atoms with E-state index in [0.717, 1.165) is 88.6 Å². The van der Waals surface area contributed by atoms with Crippen LogP contribution in [0.1, 0.15) is 0 Å². The molecule has 8 aromatic carbocycles. The van der Waals surface area contributed by atoms with Gasteiger partial charge in [0.25, 0.3) is 0 Å². The summed E-state index contributed by atoms with van der Waals surface area (Å²) in [5.41, 5.74) is 12.0. The second-order valence-corrected chi connectivity index (χ2v) is 13.7. The number of hydrogen-bond donors (Lipinski definition) is 0. The zero-order valence-electron chi connectivity index (χ0n) is 29.0. The second kappa shape index (κ2) is 12.1. The molecule has 0 saturated carbocycles. The number of benzene rings is 8. The highest BCUT2D eigenvalue weighted by atomic mass is 16.3. The molecule has 0 fully saturated rings. The highest BCUT2D eigenvalue weighted by Gasteiger charge is 2.21. The molecule has 4 heteroatoms. The summed E-state index contributed by atoms with van der Waals surface area (Å²) in [6.45, 7) is 0. The third-order valence-corrected chi connectivity index (χ3v) is 10.5. The van der Waals surface area contributed by atoms with Crippen LogP contribution in [0.5, 0.6) is 0 Å². The van der Waals surface area contributed by atoms with Crippen molar-refractivity contribution in [3.8, 4) is 56.2 Å². The first-order valence-corrected chi connectivity index (χ1v) is 18.2. The van der Waals surface area contributed by atoms with Gasteiger partial charge in [0, 0.05) is 38.2 Å². The molecule has 3 heterocycles. The van der Waals surface area contributed by atoms with Gasteiger partial charge in [-0.15, -0.1) is 0 Å². The molecular formula is C50H30N2O2. The van der Waals surface area contributed by atoms with Gasteiger partial charge in [-0.05, 0) is 75.5 Å². The van der Waals surface area contributed by atoms with Gasteiger partial charge in [0.1, 0.15) is 22.3 Å². The average molecular weight is 691 g/mol. The number of furan rings is 2. The van der Waals surface area contributed by atoms with Crippen LogP contribution in [-0.2, 0) is 0 Å². The van der Waals surface area contributed by atoms with E-state index >= 15 is 0 Å². The summed E-state index contributed by atoms with van der Waals surface area (Å²) in [5, 5.41) is 6.67. The second-order valence-electron chi connectivity index (χ2n) is 13.7. The lowest BCUT2D eigenvalue weighted by molar-refractivity contribution is 0.669. The Hall–Kier alpha value is -7.30. The lowest BCUT2D eigenvalue weighted by atomic mass is 9.92. The standard InChI is InChI=1S/C50H30N2O2/c1-2-13-32(14-3-1)43-29-33(35-20-10-16-31-15-4-5-17-34(31)35)27-28-40(43)50-51-44(41-23-11-21-38-36-18-6-8-25-46(36)53-48(38)41)30-45(52-50)42-24-12-22-39-37-19-7-9-26-47(37)54-49(39)42/h1-30H. The van der Waals surface area contributed by atoms with E-state index in [0.29, 0.717) is 5.82 Å². The SMILES string of the molecule is c1ccc(-c2cc(-c3cccc4ccccc34)ccc2-c2nc(-c3cccc4c3oc3ccccc34)cc(-c3cccc4c3oc3ccccc34)n2)cc1. The van der Waals surface area contributed by atoms with Crippen molar-refractivity contribution < 1.29 is 8.83 Å². The van der Waals surface area contributed by atoms with Gasteiger partial charge in [0.05, 0.1) is 11.4 Å². The molecule has 0 amide bonds. The van der Waals surface area contributed by atoms with E-state index in [2.05, 4.69) is 146 Å². The number of hydrogen-bond acceptors (Lipinski definition) is 4. The summed E-state index contributed by atoms with van der Waals surface area (Å²) in [6.07, 6.45) is 0. The van der Waals surface area contributed by atoms with Crippen molar-refractivity contribution in [1.82, 2.24) is 9.97 Å². The summed E-state index contributed by atoms with van der Waals surface area (Å²) in [7, 11) is 0. The summed E-state index contributed by atoms with van der Waals surface area (Å²) in [5.74, 6) is 0.618. The number of fused-ring (bicyclic) bond motifs is 7. The molecule has 0 N–H and O–H groups in total. The smallest absolute Gasteiger partial charge is 0.161 e. The van der Waals surface area contributed by atoms with Crippen molar-refractivity contribution in [2.45, 2.75) is 0 Å². The molecular weight excluding hydrogens is 661 g/mol. The molecule has 0 radical (unpaired) electrons. The van der Waals surface area contributed by atoms with Crippen LogP contribution < -0.4 is 0 Å². The van der Waals surface area contributed by atoms with E-state index < -0.39 is 0 Å². The molecule has 0 spiro atoms. The molecule has 11 aromatic rings. The molecule has 0 aliphatic heterocycles. The van der Waals surface area contributed by atoms with Gasteiger partial charge in [0.15, 0.2) is 5.82 Å². The molecule has 0 aliphatic rings. The fourth-order valence-corrected chi connectivity index (χ4v) is 7.98. The molecule has 0 saturated heterocycles. The topological polar surface area (TPSA) is 52.1 Å². The number of rotatable bonds is 5. The van der Waals surface area contributed by atoms with Crippen LogP contribution in [-0.4, -0.2) is 9.97 Å². The molecule has 0 bridgehead atoms. The first kappa shape index (κ1) is 30.3. The van der Waals surface area contributed by atoms with Gasteiger partial charge in [0.2, 0.25) is 0 Å². The summed E-state index contributed by atoms with van der Waals surface area (Å²) in [4.78, 5) is 10.8. The predicted molar refractivity (Wildman–Crippen MR) is 221 cm³/mol. The quantitative estimate of drug-likeness (QED) is 0.180. The van der Waals surface area contributed by atoms with Crippen LogP contribution in [0.25, 0.3) is 111 Å². The van der Waals surface area contributed by atoms with Gasteiger partial charge in [-0.3, -0.25) is 0 Å². The van der Waals surface area contributed by atoms with Crippen LogP contribution in [0.4, 0.5) is 0 Å². The molecule has 0 aliphatic carbocycles. The van der Waals surface area contributed by atoms with Crippen LogP contribution >= 0.6 is 0 Å². The Bertz CT molecular complexity index is 3090. The largest absolute Gasteiger partial charge is 0.455 e. The Balaban J connectivity index is 1.19. The normalized spacial score (nSPS) is 11.7. The maximum absolute atomic E-state index is 6.55. The molecule has 0 atom stereocenters. The highest BCUT2D eigenvalue weighted by Crippen LogP contribution is 2.42. The minimum absolute atomic E-state index is 0.618. The Morgan fingerprint density at radius 2 is 0.833 bits per heavy atom. The Kier molecular flexibility index (Phi) is 6.82. The van der Waals surface area contributed by atoms with Crippen molar-refractivity contribution in [2.75, 3.05) is 0 Å². The fraction of sp³-hybridized carbons (Fsp3) is 0. The number of aromatic nitrogens is 2. The molecule has 0 unspecified atom stereocenters. The highest BCUT2D eigenvalue weighted by molar-refractivity contribution is 6.11. The van der Waals surface area contributed by atoms with E-state index in [1.165, 1.54) is 16.3 Å². The Morgan fingerprint density at radius 3 is 1.50 bits per heavy atom. The third kappa shape index (κ3) is 4.85. The monoisotopic (exact) mass is 690 g/mol. The maximum atomic E-state index is 6.55. The number of para-hydroxylation sites is 4. The van der Waals surface area contributed by atoms with Gasteiger partial charge in [-0.1, -0.05) is 140 Å². The molecule has 11 rings (SSSR count). The van der Waals surface area contributed by atoms with E-state index in [-0.39, 0.29) is 0 Å². The summed E-state index contributed by atoms with van der Waals surface area (Å²) in [6, 6.07) is 63.2. The van der Waals surface area contributed by atoms with Crippen molar-refractivity contribution in [3.63, 3.8) is 0 Å². The molecule has 252 valence electrons. The Morgan fingerprint density at radius 1 is 0.315 bits per heavy atom. The average Bonchev–Trinajstić information content (AvgIpc) is 3.82. The third-order valence-electron chi connectivity index (χ3n) is 10.5. The van der Waals surface area contributed by atoms with Crippen LogP contribution in [0.2, 0.25) is 0 Å². The maximum Gasteiger partial charge on any atom is 0.161 e. The van der Waals surface area contributed by atoms with Crippen molar-refractivity contribution in [2.24, 2.45) is 0 Å². The lowest BCUT2D eigenvalue weighted by Crippen LogP contribution is -1.98. The fourth-order valence-electron chi connectivity index (χ4n) is 7.98. The molecule has 3 aromatic heterocycles. The van der Waals surface area contributed by atoms with Crippen molar-refractivity contribution >= 4 is 54.6 Å². The van der Waals surface area contributed by atoms with Gasteiger partial charge >= 0.3 is 0 Å². The van der Waals surface area contributed by atoms with Crippen molar-refractivity contribution in [1.29, 1.82) is 0 Å². The van der Waals surface area contributed by atoms with E-state index in [1.807, 2.05) is 36.4 Å². The van der Waals surface area contributed by atoms with Crippen LogP contribution in [0.3, 0.4) is 0 Å². The summed E-state index contributed by atoms with van der Waals surface area (Å²) < 4.78 is 13.1. The van der Waals surface area contributed by atoms with Gasteiger partial charge in [-0.25, -0.2) is 9.97 Å². The van der Waals surface area contributed by atoms with Gasteiger partial charge in [-0.2, -0.15) is 0 Å². The lowest BCUT2D eigenvalue weighted by Gasteiger charge is -2.15. The minimum Gasteiger partial charge on any atom is -0.455 e. The van der Waals surface area contributed by atoms with E-state index in [1.54, 1.807) is 0 Å². The molecule has 54 heavy (non-hydrogen) atoms. The van der Waals surface area contributed by atoms with Crippen LogP contribution in [0, 0.1) is 0 Å².